The second-order valence-corrected chi connectivity index (χ2v) is 5.30. The van der Waals surface area contributed by atoms with E-state index in [-0.39, 0.29) is 6.54 Å². The molecule has 122 valence electrons. The fourth-order valence-electron chi connectivity index (χ4n) is 2.29. The van der Waals surface area contributed by atoms with Gasteiger partial charge in [0.1, 0.15) is 0 Å². The zero-order chi connectivity index (χ0) is 16.5. The maximum absolute atomic E-state index is 11.8. The number of benzene rings is 1. The van der Waals surface area contributed by atoms with Gasteiger partial charge in [0.2, 0.25) is 0 Å². The molecule has 0 aliphatic heterocycles. The first-order valence-electron chi connectivity index (χ1n) is 7.90. The van der Waals surface area contributed by atoms with Crippen LogP contribution in [0.1, 0.15) is 44.7 Å². The van der Waals surface area contributed by atoms with Crippen LogP contribution >= 0.6 is 0 Å². The van der Waals surface area contributed by atoms with E-state index in [0.29, 0.717) is 12.1 Å². The summed E-state index contributed by atoms with van der Waals surface area (Å²) in [6.07, 6.45) is 2.63. The van der Waals surface area contributed by atoms with Gasteiger partial charge in [0.15, 0.2) is 0 Å². The Morgan fingerprint density at radius 3 is 2.36 bits per heavy atom. The van der Waals surface area contributed by atoms with E-state index < -0.39 is 17.9 Å². The van der Waals surface area contributed by atoms with Gasteiger partial charge < -0.3 is 15.7 Å². The Bertz CT molecular complexity index is 515. The highest BCUT2D eigenvalue weighted by molar-refractivity contribution is 6.39. The van der Waals surface area contributed by atoms with E-state index in [0.717, 1.165) is 19.3 Å². The molecule has 3 N–H and O–H groups in total. The number of rotatable bonds is 7. The van der Waals surface area contributed by atoms with Crippen LogP contribution in [0, 0.1) is 0 Å². The van der Waals surface area contributed by atoms with E-state index in [1.165, 1.54) is 11.1 Å². The van der Waals surface area contributed by atoms with E-state index in [1.54, 1.807) is 6.07 Å². The minimum atomic E-state index is -0.729. The van der Waals surface area contributed by atoms with E-state index in [9.17, 15) is 14.7 Å². The Kier molecular flexibility index (Phi) is 7.60. The van der Waals surface area contributed by atoms with Crippen LogP contribution < -0.4 is 10.6 Å². The number of hydrogen-bond donors (Lipinski definition) is 3. The van der Waals surface area contributed by atoms with E-state index in [2.05, 4.69) is 24.5 Å². The summed E-state index contributed by atoms with van der Waals surface area (Å²) in [6.45, 7) is 6.18. The predicted molar refractivity (Wildman–Crippen MR) is 87.8 cm³/mol. The third kappa shape index (κ3) is 5.48. The van der Waals surface area contributed by atoms with E-state index >= 15 is 0 Å². The molecule has 0 saturated carbocycles. The monoisotopic (exact) mass is 306 g/mol. The molecule has 0 fully saturated rings. The third-order valence-electron chi connectivity index (χ3n) is 3.55. The van der Waals surface area contributed by atoms with Crippen molar-refractivity contribution in [2.45, 2.75) is 52.6 Å². The summed E-state index contributed by atoms with van der Waals surface area (Å²) in [6, 6.07) is 5.67. The van der Waals surface area contributed by atoms with Crippen molar-refractivity contribution in [1.82, 2.24) is 5.32 Å². The Morgan fingerprint density at radius 2 is 1.77 bits per heavy atom. The third-order valence-corrected chi connectivity index (χ3v) is 3.55. The van der Waals surface area contributed by atoms with E-state index in [4.69, 9.17) is 0 Å². The molecule has 0 aliphatic rings. The number of carbonyl (C=O) groups excluding carboxylic acids is 2. The largest absolute Gasteiger partial charge is 0.391 e. The normalized spacial score (nSPS) is 11.8. The first-order chi connectivity index (χ1) is 10.5. The molecule has 0 saturated heterocycles. The number of amides is 2. The molecular weight excluding hydrogens is 280 g/mol. The minimum absolute atomic E-state index is 0.0923. The van der Waals surface area contributed by atoms with Crippen LogP contribution in [-0.2, 0) is 22.4 Å². The minimum Gasteiger partial charge on any atom is -0.391 e. The molecule has 1 aromatic carbocycles. The molecule has 5 nitrogen and oxygen atoms in total. The number of aliphatic hydroxyl groups is 1. The summed E-state index contributed by atoms with van der Waals surface area (Å²) in [4.78, 5) is 23.5. The quantitative estimate of drug-likeness (QED) is 0.674. The molecule has 1 atom stereocenters. The summed E-state index contributed by atoms with van der Waals surface area (Å²) in [5.41, 5.74) is 3.02. The van der Waals surface area contributed by atoms with Gasteiger partial charge in [0.25, 0.3) is 0 Å². The molecule has 0 aromatic heterocycles. The van der Waals surface area contributed by atoms with Crippen LogP contribution in [-0.4, -0.2) is 29.6 Å². The Morgan fingerprint density at radius 1 is 1.09 bits per heavy atom. The highest BCUT2D eigenvalue weighted by Gasteiger charge is 2.15. The summed E-state index contributed by atoms with van der Waals surface area (Å²) >= 11 is 0. The number of aryl methyl sites for hydroxylation is 2. The highest BCUT2D eigenvalue weighted by Crippen LogP contribution is 2.17. The fraction of sp³-hybridized carbons (Fsp3) is 0.529. The van der Waals surface area contributed by atoms with Gasteiger partial charge in [-0.25, -0.2) is 0 Å². The van der Waals surface area contributed by atoms with Crippen molar-refractivity contribution in [3.63, 3.8) is 0 Å². The molecule has 0 heterocycles. The number of anilines is 1. The SMILES string of the molecule is CCCC(O)CNC(=O)C(=O)Nc1ccc(CC)c(CC)c1. The second-order valence-electron chi connectivity index (χ2n) is 5.30. The standard InChI is InChI=1S/C17H26N2O3/c1-4-7-15(20)11-18-16(21)17(22)19-14-9-8-12(5-2)13(6-3)10-14/h8-10,15,20H,4-7,11H2,1-3H3,(H,18,21)(H,19,22). The zero-order valence-corrected chi connectivity index (χ0v) is 13.6. The van der Waals surface area contributed by atoms with Gasteiger partial charge in [-0.1, -0.05) is 33.3 Å². The van der Waals surface area contributed by atoms with Crippen LogP contribution in [0.5, 0.6) is 0 Å². The van der Waals surface area contributed by atoms with Crippen molar-refractivity contribution in [2.24, 2.45) is 0 Å². The van der Waals surface area contributed by atoms with Crippen molar-refractivity contribution in [2.75, 3.05) is 11.9 Å². The van der Waals surface area contributed by atoms with Crippen molar-refractivity contribution >= 4 is 17.5 Å². The fourth-order valence-corrected chi connectivity index (χ4v) is 2.29. The lowest BCUT2D eigenvalue weighted by molar-refractivity contribution is -0.136. The topological polar surface area (TPSA) is 78.4 Å². The molecule has 0 bridgehead atoms. The van der Waals surface area contributed by atoms with Gasteiger partial charge in [-0.3, -0.25) is 9.59 Å². The van der Waals surface area contributed by atoms with Crippen molar-refractivity contribution < 1.29 is 14.7 Å². The number of aliphatic hydroxyl groups excluding tert-OH is 1. The molecule has 0 radical (unpaired) electrons. The maximum atomic E-state index is 11.8. The molecule has 0 aliphatic carbocycles. The smallest absolute Gasteiger partial charge is 0.313 e. The summed E-state index contributed by atoms with van der Waals surface area (Å²) in [5, 5.41) is 14.6. The second kappa shape index (κ2) is 9.20. The molecule has 2 amide bonds. The number of hydrogen-bond acceptors (Lipinski definition) is 3. The lowest BCUT2D eigenvalue weighted by Crippen LogP contribution is -2.39. The maximum Gasteiger partial charge on any atom is 0.313 e. The first-order valence-corrected chi connectivity index (χ1v) is 7.90. The lowest BCUT2D eigenvalue weighted by atomic mass is 10.0. The van der Waals surface area contributed by atoms with Gasteiger partial charge >= 0.3 is 11.8 Å². The molecule has 22 heavy (non-hydrogen) atoms. The van der Waals surface area contributed by atoms with Crippen LogP contribution in [0.3, 0.4) is 0 Å². The van der Waals surface area contributed by atoms with E-state index in [1.807, 2.05) is 19.1 Å². The van der Waals surface area contributed by atoms with Crippen LogP contribution in [0.25, 0.3) is 0 Å². The van der Waals surface area contributed by atoms with Crippen LogP contribution in [0.15, 0.2) is 18.2 Å². The van der Waals surface area contributed by atoms with Gasteiger partial charge in [0.05, 0.1) is 6.10 Å². The predicted octanol–water partition coefficient (Wildman–Crippen LogP) is 2.03. The average Bonchev–Trinajstić information content (AvgIpc) is 2.52. The molecular formula is C17H26N2O3. The zero-order valence-electron chi connectivity index (χ0n) is 13.6. The molecule has 0 spiro atoms. The first kappa shape index (κ1) is 18.2. The average molecular weight is 306 g/mol. The highest BCUT2D eigenvalue weighted by atomic mass is 16.3. The number of nitrogens with one attached hydrogen (secondary N) is 2. The Hall–Kier alpha value is -1.88. The lowest BCUT2D eigenvalue weighted by Gasteiger charge is -2.12. The van der Waals surface area contributed by atoms with Gasteiger partial charge in [-0.05, 0) is 42.5 Å². The molecule has 1 aromatic rings. The number of carbonyl (C=O) groups is 2. The molecule has 1 rings (SSSR count). The molecule has 1 unspecified atom stereocenters. The summed E-state index contributed by atoms with van der Waals surface area (Å²) < 4.78 is 0. The van der Waals surface area contributed by atoms with Gasteiger partial charge in [0, 0.05) is 12.2 Å². The van der Waals surface area contributed by atoms with Gasteiger partial charge in [-0.2, -0.15) is 0 Å². The van der Waals surface area contributed by atoms with Gasteiger partial charge in [-0.15, -0.1) is 0 Å². The van der Waals surface area contributed by atoms with Crippen molar-refractivity contribution in [3.05, 3.63) is 29.3 Å². The summed E-state index contributed by atoms with van der Waals surface area (Å²) in [5.74, 6) is -1.44. The Labute approximate surface area is 132 Å². The molecule has 5 heteroatoms. The Balaban J connectivity index is 2.59. The van der Waals surface area contributed by atoms with Crippen molar-refractivity contribution in [3.8, 4) is 0 Å². The van der Waals surface area contributed by atoms with Crippen molar-refractivity contribution in [1.29, 1.82) is 0 Å². The van der Waals surface area contributed by atoms with Crippen LogP contribution in [0.2, 0.25) is 0 Å². The summed E-state index contributed by atoms with van der Waals surface area (Å²) in [7, 11) is 0. The van der Waals surface area contributed by atoms with Crippen LogP contribution in [0.4, 0.5) is 5.69 Å².